The van der Waals surface area contributed by atoms with Gasteiger partial charge in [-0.05, 0) is 43.7 Å². The Balaban J connectivity index is 1.59. The van der Waals surface area contributed by atoms with E-state index in [1.165, 1.54) is 6.92 Å². The van der Waals surface area contributed by atoms with Gasteiger partial charge in [-0.2, -0.15) is 0 Å². The van der Waals surface area contributed by atoms with Gasteiger partial charge in [0, 0.05) is 37.0 Å². The molecule has 0 spiro atoms. The number of aryl methyl sites for hydroxylation is 1. The summed E-state index contributed by atoms with van der Waals surface area (Å²) in [6.07, 6.45) is 4.41. The topological polar surface area (TPSA) is 82.4 Å². The van der Waals surface area contributed by atoms with Crippen LogP contribution < -0.4 is 14.8 Å². The van der Waals surface area contributed by atoms with Crippen molar-refractivity contribution >= 4 is 11.7 Å². The highest BCUT2D eigenvalue weighted by Gasteiger charge is 2.23. The molecule has 7 nitrogen and oxygen atoms in total. The highest BCUT2D eigenvalue weighted by Crippen LogP contribution is 2.29. The van der Waals surface area contributed by atoms with Crippen molar-refractivity contribution in [1.29, 1.82) is 0 Å². The maximum Gasteiger partial charge on any atom is 0.220 e. The third kappa shape index (κ3) is 5.72. The summed E-state index contributed by atoms with van der Waals surface area (Å²) >= 11 is 0. The van der Waals surface area contributed by atoms with Crippen molar-refractivity contribution in [3.05, 3.63) is 77.9 Å². The third-order valence-corrected chi connectivity index (χ3v) is 4.95. The van der Waals surface area contributed by atoms with Gasteiger partial charge >= 0.3 is 0 Å². The number of rotatable bonds is 10. The number of methoxy groups -OCH3 is 1. The van der Waals surface area contributed by atoms with E-state index in [4.69, 9.17) is 9.47 Å². The molecule has 0 saturated carbocycles. The van der Waals surface area contributed by atoms with Gasteiger partial charge in [0.15, 0.2) is 5.78 Å². The van der Waals surface area contributed by atoms with E-state index in [1.54, 1.807) is 37.6 Å². The first-order valence-corrected chi connectivity index (χ1v) is 10.1. The maximum atomic E-state index is 12.7. The zero-order chi connectivity index (χ0) is 22.2. The Kier molecular flexibility index (Phi) is 7.43. The highest BCUT2D eigenvalue weighted by molar-refractivity contribution is 5.94. The SMILES string of the molecule is COc1ccccc1C(NC(=O)CCCOc1ccc(C(C)=O)cc1)c1nccn1C. The summed E-state index contributed by atoms with van der Waals surface area (Å²) < 4.78 is 13.0. The fraction of sp³-hybridized carbons (Fsp3) is 0.292. The molecule has 3 rings (SSSR count). The summed E-state index contributed by atoms with van der Waals surface area (Å²) in [5.74, 6) is 1.99. The van der Waals surface area contributed by atoms with Crippen LogP contribution in [0.5, 0.6) is 11.5 Å². The molecule has 0 radical (unpaired) electrons. The summed E-state index contributed by atoms with van der Waals surface area (Å²) in [6.45, 7) is 1.92. The second-order valence-electron chi connectivity index (χ2n) is 7.17. The average Bonchev–Trinajstić information content (AvgIpc) is 3.21. The number of nitrogens with zero attached hydrogens (tertiary/aromatic N) is 2. The zero-order valence-electron chi connectivity index (χ0n) is 18.0. The Labute approximate surface area is 182 Å². The van der Waals surface area contributed by atoms with Gasteiger partial charge in [-0.15, -0.1) is 0 Å². The van der Waals surface area contributed by atoms with Gasteiger partial charge in [0.05, 0.1) is 13.7 Å². The van der Waals surface area contributed by atoms with Crippen LogP contribution in [-0.2, 0) is 11.8 Å². The van der Waals surface area contributed by atoms with Gasteiger partial charge in [0.1, 0.15) is 23.4 Å². The molecule has 1 N–H and O–H groups in total. The maximum absolute atomic E-state index is 12.7. The lowest BCUT2D eigenvalue weighted by molar-refractivity contribution is -0.121. The number of hydrogen-bond acceptors (Lipinski definition) is 5. The molecule has 1 aromatic heterocycles. The number of ether oxygens (including phenoxy) is 2. The first kappa shape index (κ1) is 22.1. The average molecular weight is 421 g/mol. The number of benzene rings is 2. The summed E-state index contributed by atoms with van der Waals surface area (Å²) in [6, 6.07) is 14.1. The van der Waals surface area contributed by atoms with Crippen molar-refractivity contribution in [2.75, 3.05) is 13.7 Å². The molecule has 31 heavy (non-hydrogen) atoms. The van der Waals surface area contributed by atoms with Crippen molar-refractivity contribution in [1.82, 2.24) is 14.9 Å². The van der Waals surface area contributed by atoms with Crippen molar-refractivity contribution in [3.63, 3.8) is 0 Å². The molecule has 3 aromatic rings. The van der Waals surface area contributed by atoms with E-state index < -0.39 is 6.04 Å². The summed E-state index contributed by atoms with van der Waals surface area (Å²) in [5, 5.41) is 3.07. The summed E-state index contributed by atoms with van der Waals surface area (Å²) in [4.78, 5) is 28.4. The van der Waals surface area contributed by atoms with Crippen LogP contribution in [0.15, 0.2) is 60.9 Å². The van der Waals surface area contributed by atoms with Crippen molar-refractivity contribution in [3.8, 4) is 11.5 Å². The number of carbonyl (C=O) groups excluding carboxylic acids is 2. The van der Waals surface area contributed by atoms with Gasteiger partial charge in [0.2, 0.25) is 5.91 Å². The van der Waals surface area contributed by atoms with Crippen LogP contribution in [0.2, 0.25) is 0 Å². The van der Waals surface area contributed by atoms with E-state index in [0.29, 0.717) is 36.5 Å². The van der Waals surface area contributed by atoms with Gasteiger partial charge < -0.3 is 19.4 Å². The van der Waals surface area contributed by atoms with Crippen LogP contribution >= 0.6 is 0 Å². The molecule has 1 amide bonds. The van der Waals surface area contributed by atoms with Crippen molar-refractivity contribution in [2.24, 2.45) is 7.05 Å². The van der Waals surface area contributed by atoms with Gasteiger partial charge in [-0.3, -0.25) is 9.59 Å². The van der Waals surface area contributed by atoms with Crippen LogP contribution in [0.25, 0.3) is 0 Å². The minimum Gasteiger partial charge on any atom is -0.496 e. The molecule has 0 aliphatic carbocycles. The smallest absolute Gasteiger partial charge is 0.220 e. The van der Waals surface area contributed by atoms with Gasteiger partial charge in [0.25, 0.3) is 0 Å². The largest absolute Gasteiger partial charge is 0.496 e. The molecule has 2 aromatic carbocycles. The second-order valence-corrected chi connectivity index (χ2v) is 7.17. The molecular formula is C24H27N3O4. The molecule has 162 valence electrons. The minimum absolute atomic E-state index is 0.0144. The lowest BCUT2D eigenvalue weighted by Crippen LogP contribution is -2.31. The van der Waals surface area contributed by atoms with Crippen LogP contribution in [-0.4, -0.2) is 35.0 Å². The lowest BCUT2D eigenvalue weighted by Gasteiger charge is -2.21. The first-order valence-electron chi connectivity index (χ1n) is 10.1. The predicted octanol–water partition coefficient (Wildman–Crippen LogP) is 3.70. The molecule has 0 bridgehead atoms. The number of imidazole rings is 1. The number of nitrogens with one attached hydrogen (secondary N) is 1. The van der Waals surface area contributed by atoms with Gasteiger partial charge in [-0.1, -0.05) is 18.2 Å². The van der Waals surface area contributed by atoms with E-state index in [-0.39, 0.29) is 11.7 Å². The fourth-order valence-corrected chi connectivity index (χ4v) is 3.28. The molecule has 0 saturated heterocycles. The molecule has 0 aliphatic rings. The van der Waals surface area contributed by atoms with Crippen LogP contribution in [0.4, 0.5) is 0 Å². The number of hydrogen-bond donors (Lipinski definition) is 1. The number of ketones is 1. The van der Waals surface area contributed by atoms with E-state index in [9.17, 15) is 9.59 Å². The molecule has 0 fully saturated rings. The minimum atomic E-state index is -0.427. The Morgan fingerprint density at radius 3 is 2.52 bits per heavy atom. The van der Waals surface area contributed by atoms with E-state index in [1.807, 2.05) is 42.1 Å². The monoisotopic (exact) mass is 421 g/mol. The zero-order valence-corrected chi connectivity index (χ0v) is 18.0. The third-order valence-electron chi connectivity index (χ3n) is 4.95. The molecule has 0 aliphatic heterocycles. The van der Waals surface area contributed by atoms with Crippen molar-refractivity contribution < 1.29 is 19.1 Å². The van der Waals surface area contributed by atoms with Crippen LogP contribution in [0.3, 0.4) is 0 Å². The Morgan fingerprint density at radius 1 is 1.13 bits per heavy atom. The normalized spacial score (nSPS) is 11.6. The Bertz CT molecular complexity index is 1030. The Hall–Kier alpha value is -3.61. The molecule has 7 heteroatoms. The molecular weight excluding hydrogens is 394 g/mol. The fourth-order valence-electron chi connectivity index (χ4n) is 3.28. The predicted molar refractivity (Wildman–Crippen MR) is 117 cm³/mol. The molecule has 1 heterocycles. The molecule has 1 atom stereocenters. The van der Waals surface area contributed by atoms with Crippen LogP contribution in [0, 0.1) is 0 Å². The number of carbonyl (C=O) groups is 2. The van der Waals surface area contributed by atoms with Gasteiger partial charge in [-0.25, -0.2) is 4.98 Å². The number of amides is 1. The highest BCUT2D eigenvalue weighted by atomic mass is 16.5. The lowest BCUT2D eigenvalue weighted by atomic mass is 10.0. The van der Waals surface area contributed by atoms with E-state index >= 15 is 0 Å². The Morgan fingerprint density at radius 2 is 1.87 bits per heavy atom. The van der Waals surface area contributed by atoms with Crippen LogP contribution in [0.1, 0.15) is 47.6 Å². The molecule has 1 unspecified atom stereocenters. The summed E-state index contributed by atoms with van der Waals surface area (Å²) in [7, 11) is 3.50. The standard InChI is InChI=1S/C24H27N3O4/c1-17(28)18-10-12-19(13-11-18)31-16-6-9-22(29)26-23(24-25-14-15-27(24)2)20-7-4-5-8-21(20)30-3/h4-5,7-8,10-15,23H,6,9,16H2,1-3H3,(H,26,29). The number of para-hydroxylation sites is 1. The van der Waals surface area contributed by atoms with E-state index in [2.05, 4.69) is 10.3 Å². The number of aromatic nitrogens is 2. The number of Topliss-reactive ketones (excluding diaryl/α,β-unsaturated/α-hetero) is 1. The van der Waals surface area contributed by atoms with Crippen molar-refractivity contribution in [2.45, 2.75) is 25.8 Å². The summed E-state index contributed by atoms with van der Waals surface area (Å²) in [5.41, 5.74) is 1.48. The first-order chi connectivity index (χ1) is 15.0. The van der Waals surface area contributed by atoms with E-state index in [0.717, 1.165) is 11.4 Å². The second kappa shape index (κ2) is 10.4. The quantitative estimate of drug-likeness (QED) is 0.399.